The molecule has 5 nitrogen and oxygen atoms in total. The molecule has 1 fully saturated rings. The molecule has 0 saturated carbocycles. The summed E-state index contributed by atoms with van der Waals surface area (Å²) in [5.41, 5.74) is 1.44. The monoisotopic (exact) mass is 372 g/mol. The number of methoxy groups -OCH3 is 1. The summed E-state index contributed by atoms with van der Waals surface area (Å²) in [4.78, 5) is 18.5. The Balaban J connectivity index is 1.37. The first kappa shape index (κ1) is 19.3. The van der Waals surface area contributed by atoms with Crippen LogP contribution in [-0.4, -0.2) is 42.6 Å². The van der Waals surface area contributed by atoms with E-state index in [1.165, 1.54) is 12.1 Å². The highest BCUT2D eigenvalue weighted by Gasteiger charge is 2.23. The third kappa shape index (κ3) is 5.50. The van der Waals surface area contributed by atoms with Gasteiger partial charge >= 0.3 is 0 Å². The fraction of sp³-hybridized carbons (Fsp3) is 0.429. The van der Waals surface area contributed by atoms with E-state index in [4.69, 9.17) is 9.47 Å². The van der Waals surface area contributed by atoms with Gasteiger partial charge in [-0.05, 0) is 48.9 Å². The van der Waals surface area contributed by atoms with Gasteiger partial charge in [-0.25, -0.2) is 9.37 Å². The van der Waals surface area contributed by atoms with Crippen molar-refractivity contribution >= 4 is 5.91 Å². The van der Waals surface area contributed by atoms with Crippen LogP contribution >= 0.6 is 0 Å². The molecule has 1 aromatic carbocycles. The smallest absolute Gasteiger partial charge is 0.255 e. The molecule has 0 aliphatic carbocycles. The molecule has 1 aliphatic rings. The standard InChI is InChI=1S/C21H25FN2O3/c1-26-20-6-5-18(14-23-20)21(25)24-10-7-16(8-11-24)9-12-27-15-17-3-2-4-19(22)13-17/h2-6,13-14,16H,7-12,15H2,1H3. The second kappa shape index (κ2) is 9.46. The highest BCUT2D eigenvalue weighted by Crippen LogP contribution is 2.22. The first-order chi connectivity index (χ1) is 13.2. The molecule has 2 aromatic rings. The van der Waals surface area contributed by atoms with Gasteiger partial charge in [-0.2, -0.15) is 0 Å². The number of carbonyl (C=O) groups excluding carboxylic acids is 1. The molecule has 1 saturated heterocycles. The van der Waals surface area contributed by atoms with Crippen molar-refractivity contribution in [1.29, 1.82) is 0 Å². The average Bonchev–Trinajstić information content (AvgIpc) is 2.71. The summed E-state index contributed by atoms with van der Waals surface area (Å²) in [6.45, 7) is 2.58. The molecule has 0 atom stereocenters. The van der Waals surface area contributed by atoms with Crippen molar-refractivity contribution in [3.05, 3.63) is 59.5 Å². The molecular formula is C21H25FN2O3. The Hall–Kier alpha value is -2.47. The first-order valence-electron chi connectivity index (χ1n) is 9.27. The molecule has 27 heavy (non-hydrogen) atoms. The largest absolute Gasteiger partial charge is 0.481 e. The number of nitrogens with zero attached hydrogens (tertiary/aromatic N) is 2. The van der Waals surface area contributed by atoms with Gasteiger partial charge in [-0.3, -0.25) is 4.79 Å². The van der Waals surface area contributed by atoms with Crippen LogP contribution < -0.4 is 4.74 Å². The third-order valence-corrected chi connectivity index (χ3v) is 4.92. The van der Waals surface area contributed by atoms with Crippen LogP contribution in [0.15, 0.2) is 42.6 Å². The quantitative estimate of drug-likeness (QED) is 0.696. The Bertz CT molecular complexity index is 743. The van der Waals surface area contributed by atoms with Crippen molar-refractivity contribution in [3.63, 3.8) is 0 Å². The van der Waals surface area contributed by atoms with Gasteiger partial charge in [0.15, 0.2) is 0 Å². The Morgan fingerprint density at radius 1 is 1.26 bits per heavy atom. The Labute approximate surface area is 159 Å². The minimum Gasteiger partial charge on any atom is -0.481 e. The summed E-state index contributed by atoms with van der Waals surface area (Å²) in [7, 11) is 1.55. The Morgan fingerprint density at radius 2 is 2.07 bits per heavy atom. The third-order valence-electron chi connectivity index (χ3n) is 4.92. The van der Waals surface area contributed by atoms with Gasteiger partial charge < -0.3 is 14.4 Å². The van der Waals surface area contributed by atoms with Gasteiger partial charge in [0.2, 0.25) is 5.88 Å². The SMILES string of the molecule is COc1ccc(C(=O)N2CCC(CCOCc3cccc(F)c3)CC2)cn1. The van der Waals surface area contributed by atoms with Crippen LogP contribution in [0.3, 0.4) is 0 Å². The second-order valence-corrected chi connectivity index (χ2v) is 6.80. The fourth-order valence-electron chi connectivity index (χ4n) is 3.30. The van der Waals surface area contributed by atoms with Crippen molar-refractivity contribution < 1.29 is 18.7 Å². The topological polar surface area (TPSA) is 51.7 Å². The van der Waals surface area contributed by atoms with E-state index in [2.05, 4.69) is 4.98 Å². The van der Waals surface area contributed by atoms with Crippen LogP contribution in [0.5, 0.6) is 5.88 Å². The van der Waals surface area contributed by atoms with E-state index in [-0.39, 0.29) is 11.7 Å². The number of pyridine rings is 1. The molecule has 0 N–H and O–H groups in total. The van der Waals surface area contributed by atoms with Crippen LogP contribution in [0.2, 0.25) is 0 Å². The van der Waals surface area contributed by atoms with Crippen molar-refractivity contribution in [2.24, 2.45) is 5.92 Å². The number of aromatic nitrogens is 1. The van der Waals surface area contributed by atoms with Crippen LogP contribution in [0.1, 0.15) is 35.2 Å². The highest BCUT2D eigenvalue weighted by atomic mass is 19.1. The Morgan fingerprint density at radius 3 is 2.74 bits per heavy atom. The number of hydrogen-bond donors (Lipinski definition) is 0. The van der Waals surface area contributed by atoms with E-state index in [0.717, 1.165) is 37.9 Å². The van der Waals surface area contributed by atoms with Crippen molar-refractivity contribution in [1.82, 2.24) is 9.88 Å². The van der Waals surface area contributed by atoms with Gasteiger partial charge in [-0.15, -0.1) is 0 Å². The number of ether oxygens (including phenoxy) is 2. The number of amides is 1. The normalized spacial score (nSPS) is 15.0. The predicted molar refractivity (Wildman–Crippen MR) is 100 cm³/mol. The molecule has 0 unspecified atom stereocenters. The van der Waals surface area contributed by atoms with Crippen LogP contribution in [-0.2, 0) is 11.3 Å². The molecule has 3 rings (SSSR count). The predicted octanol–water partition coefficient (Wildman–Crippen LogP) is 3.69. The van der Waals surface area contributed by atoms with Gasteiger partial charge in [0, 0.05) is 32.0 Å². The maximum Gasteiger partial charge on any atom is 0.255 e. The number of hydrogen-bond acceptors (Lipinski definition) is 4. The maximum absolute atomic E-state index is 13.1. The highest BCUT2D eigenvalue weighted by molar-refractivity contribution is 5.94. The molecule has 6 heteroatoms. The van der Waals surface area contributed by atoms with Crippen molar-refractivity contribution in [2.75, 3.05) is 26.8 Å². The molecule has 1 amide bonds. The van der Waals surface area contributed by atoms with Gasteiger partial charge in [0.05, 0.1) is 19.3 Å². The number of piperidine rings is 1. The zero-order chi connectivity index (χ0) is 19.1. The summed E-state index contributed by atoms with van der Waals surface area (Å²) < 4.78 is 23.8. The summed E-state index contributed by atoms with van der Waals surface area (Å²) >= 11 is 0. The molecule has 0 spiro atoms. The van der Waals surface area contributed by atoms with Crippen LogP contribution in [0, 0.1) is 11.7 Å². The van der Waals surface area contributed by atoms with E-state index in [9.17, 15) is 9.18 Å². The number of rotatable bonds is 7. The van der Waals surface area contributed by atoms with E-state index in [1.54, 1.807) is 31.5 Å². The van der Waals surface area contributed by atoms with E-state index in [0.29, 0.717) is 30.6 Å². The zero-order valence-electron chi connectivity index (χ0n) is 15.6. The molecule has 144 valence electrons. The summed E-state index contributed by atoms with van der Waals surface area (Å²) in [6.07, 6.45) is 4.46. The molecule has 1 aromatic heterocycles. The molecule has 2 heterocycles. The van der Waals surface area contributed by atoms with E-state index >= 15 is 0 Å². The summed E-state index contributed by atoms with van der Waals surface area (Å²) in [5, 5.41) is 0. The molecule has 0 bridgehead atoms. The maximum atomic E-state index is 13.1. The zero-order valence-corrected chi connectivity index (χ0v) is 15.6. The van der Waals surface area contributed by atoms with E-state index < -0.39 is 0 Å². The lowest BCUT2D eigenvalue weighted by Crippen LogP contribution is -2.38. The molecule has 0 radical (unpaired) electrons. The van der Waals surface area contributed by atoms with Crippen LogP contribution in [0.25, 0.3) is 0 Å². The van der Waals surface area contributed by atoms with Crippen molar-refractivity contribution in [3.8, 4) is 5.88 Å². The number of likely N-dealkylation sites (tertiary alicyclic amines) is 1. The van der Waals surface area contributed by atoms with Crippen LogP contribution in [0.4, 0.5) is 4.39 Å². The minimum atomic E-state index is -0.236. The van der Waals surface area contributed by atoms with Crippen molar-refractivity contribution in [2.45, 2.75) is 25.9 Å². The Kier molecular flexibility index (Phi) is 6.76. The summed E-state index contributed by atoms with van der Waals surface area (Å²) in [6, 6.07) is 9.94. The molecule has 1 aliphatic heterocycles. The summed E-state index contributed by atoms with van der Waals surface area (Å²) in [5.74, 6) is 0.838. The molecular weight excluding hydrogens is 347 g/mol. The second-order valence-electron chi connectivity index (χ2n) is 6.80. The lowest BCUT2D eigenvalue weighted by molar-refractivity contribution is 0.0638. The average molecular weight is 372 g/mol. The lowest BCUT2D eigenvalue weighted by atomic mass is 9.93. The number of carbonyl (C=O) groups is 1. The van der Waals surface area contributed by atoms with E-state index in [1.807, 2.05) is 11.0 Å². The van der Waals surface area contributed by atoms with Gasteiger partial charge in [-0.1, -0.05) is 12.1 Å². The number of halogens is 1. The fourth-order valence-corrected chi connectivity index (χ4v) is 3.30. The first-order valence-corrected chi connectivity index (χ1v) is 9.27. The van der Waals surface area contributed by atoms with Gasteiger partial charge in [0.25, 0.3) is 5.91 Å². The number of benzene rings is 1. The minimum absolute atomic E-state index is 0.0194. The van der Waals surface area contributed by atoms with Gasteiger partial charge in [0.1, 0.15) is 5.82 Å². The lowest BCUT2D eigenvalue weighted by Gasteiger charge is -2.32.